The van der Waals surface area contributed by atoms with Crippen molar-refractivity contribution in [3.05, 3.63) is 54.2 Å². The molecule has 0 saturated carbocycles. The number of nitrogens with zero attached hydrogens (tertiary/aromatic N) is 5. The molecule has 6 heteroatoms. The first-order valence-electron chi connectivity index (χ1n) is 6.04. The minimum atomic E-state index is 0.458. The summed E-state index contributed by atoms with van der Waals surface area (Å²) in [6, 6.07) is 5.49. The van der Waals surface area contributed by atoms with E-state index in [1.165, 1.54) is 0 Å². The molecule has 6 nitrogen and oxygen atoms in total. The van der Waals surface area contributed by atoms with Crippen LogP contribution in [0, 0.1) is 6.92 Å². The quantitative estimate of drug-likeness (QED) is 0.675. The maximum absolute atomic E-state index is 11.2. The summed E-state index contributed by atoms with van der Waals surface area (Å²) in [7, 11) is 0. The van der Waals surface area contributed by atoms with Crippen LogP contribution >= 0.6 is 0 Å². The smallest absolute Gasteiger partial charge is 0.153 e. The highest BCUT2D eigenvalue weighted by Crippen LogP contribution is 2.21. The average Bonchev–Trinajstić information content (AvgIpc) is 2.93. The molecule has 0 spiro atoms. The van der Waals surface area contributed by atoms with E-state index in [2.05, 4.69) is 20.1 Å². The normalized spacial score (nSPS) is 10.4. The minimum Gasteiger partial charge on any atom is -0.298 e. The number of carbonyl (C=O) groups is 1. The number of hydrogen-bond acceptors (Lipinski definition) is 5. The average molecular weight is 265 g/mol. The second-order valence-electron chi connectivity index (χ2n) is 4.17. The Morgan fingerprint density at radius 1 is 1.05 bits per heavy atom. The summed E-state index contributed by atoms with van der Waals surface area (Å²) in [6.45, 7) is 1.83. The van der Waals surface area contributed by atoms with Gasteiger partial charge in [-0.15, -0.1) is 0 Å². The van der Waals surface area contributed by atoms with Crippen LogP contribution in [0.15, 0.2) is 43.0 Å². The predicted octanol–water partition coefficient (Wildman–Crippen LogP) is 1.85. The molecule has 98 valence electrons. The van der Waals surface area contributed by atoms with E-state index in [0.29, 0.717) is 22.8 Å². The summed E-state index contributed by atoms with van der Waals surface area (Å²) in [5.41, 5.74) is 2.29. The van der Waals surface area contributed by atoms with Crippen LogP contribution in [0.2, 0.25) is 0 Å². The van der Waals surface area contributed by atoms with E-state index < -0.39 is 0 Å². The highest BCUT2D eigenvalue weighted by molar-refractivity contribution is 5.85. The maximum Gasteiger partial charge on any atom is 0.153 e. The Hall–Kier alpha value is -2.89. The van der Waals surface area contributed by atoms with E-state index >= 15 is 0 Å². The Morgan fingerprint density at radius 3 is 2.60 bits per heavy atom. The van der Waals surface area contributed by atoms with Crippen LogP contribution in [0.25, 0.3) is 17.2 Å². The van der Waals surface area contributed by atoms with Crippen LogP contribution in [-0.2, 0) is 0 Å². The lowest BCUT2D eigenvalue weighted by Crippen LogP contribution is -1.98. The summed E-state index contributed by atoms with van der Waals surface area (Å²) in [4.78, 5) is 23.9. The molecular weight excluding hydrogens is 254 g/mol. The summed E-state index contributed by atoms with van der Waals surface area (Å²) in [5, 5.41) is 4.40. The van der Waals surface area contributed by atoms with Crippen LogP contribution in [0.5, 0.6) is 0 Å². The molecule has 3 rings (SSSR count). The van der Waals surface area contributed by atoms with E-state index in [0.717, 1.165) is 12.0 Å². The second kappa shape index (κ2) is 5.00. The molecule has 0 unspecified atom stereocenters. The van der Waals surface area contributed by atoms with E-state index in [9.17, 15) is 4.79 Å². The van der Waals surface area contributed by atoms with Crippen LogP contribution in [0.3, 0.4) is 0 Å². The molecule has 0 N–H and O–H groups in total. The fourth-order valence-electron chi connectivity index (χ4n) is 1.90. The summed E-state index contributed by atoms with van der Waals surface area (Å²) >= 11 is 0. The summed E-state index contributed by atoms with van der Waals surface area (Å²) in [6.07, 6.45) is 7.26. The molecule has 0 amide bonds. The first kappa shape index (κ1) is 12.2. The Morgan fingerprint density at radius 2 is 1.90 bits per heavy atom. The predicted molar refractivity (Wildman–Crippen MR) is 72.5 cm³/mol. The van der Waals surface area contributed by atoms with E-state index in [1.54, 1.807) is 29.5 Å². The zero-order valence-corrected chi connectivity index (χ0v) is 10.8. The molecule has 0 fully saturated rings. The molecule has 0 atom stereocenters. The number of aromatic nitrogens is 5. The summed E-state index contributed by atoms with van der Waals surface area (Å²) < 4.78 is 1.56. The van der Waals surface area contributed by atoms with Crippen molar-refractivity contribution in [1.29, 1.82) is 0 Å². The Kier molecular flexibility index (Phi) is 3.04. The lowest BCUT2D eigenvalue weighted by Gasteiger charge is -2.00. The maximum atomic E-state index is 11.2. The van der Waals surface area contributed by atoms with E-state index in [-0.39, 0.29) is 0 Å². The number of hydrogen-bond donors (Lipinski definition) is 0. The van der Waals surface area contributed by atoms with E-state index in [4.69, 9.17) is 0 Å². The van der Waals surface area contributed by atoms with Gasteiger partial charge in [0.05, 0.1) is 11.3 Å². The van der Waals surface area contributed by atoms with Crippen LogP contribution in [0.1, 0.15) is 16.1 Å². The first-order valence-corrected chi connectivity index (χ1v) is 6.04. The molecule has 0 aromatic carbocycles. The molecule has 0 radical (unpaired) electrons. The van der Waals surface area contributed by atoms with Gasteiger partial charge >= 0.3 is 0 Å². The number of rotatable bonds is 3. The molecule has 3 aromatic heterocycles. The van der Waals surface area contributed by atoms with Gasteiger partial charge in [0.25, 0.3) is 0 Å². The zero-order chi connectivity index (χ0) is 13.9. The van der Waals surface area contributed by atoms with Crippen LogP contribution in [-0.4, -0.2) is 31.0 Å². The molecule has 0 saturated heterocycles. The minimum absolute atomic E-state index is 0.458. The highest BCUT2D eigenvalue weighted by Gasteiger charge is 2.15. The van der Waals surface area contributed by atoms with Gasteiger partial charge in [0.2, 0.25) is 0 Å². The van der Waals surface area contributed by atoms with Crippen molar-refractivity contribution >= 4 is 6.29 Å². The van der Waals surface area contributed by atoms with Crippen molar-refractivity contribution in [2.45, 2.75) is 6.92 Å². The van der Waals surface area contributed by atoms with Crippen molar-refractivity contribution in [1.82, 2.24) is 24.7 Å². The fourth-order valence-corrected chi connectivity index (χ4v) is 1.90. The molecular formula is C14H11N5O. The zero-order valence-electron chi connectivity index (χ0n) is 10.8. The highest BCUT2D eigenvalue weighted by atomic mass is 16.1. The van der Waals surface area contributed by atoms with Gasteiger partial charge in [0.1, 0.15) is 11.4 Å². The van der Waals surface area contributed by atoms with Crippen LogP contribution in [0.4, 0.5) is 0 Å². The molecule has 3 heterocycles. The monoisotopic (exact) mass is 265 g/mol. The molecule has 0 aliphatic carbocycles. The van der Waals surface area contributed by atoms with Gasteiger partial charge < -0.3 is 0 Å². The van der Waals surface area contributed by atoms with Gasteiger partial charge in [0, 0.05) is 24.8 Å². The number of aryl methyl sites for hydroxylation is 1. The lowest BCUT2D eigenvalue weighted by atomic mass is 10.2. The molecule has 0 aliphatic rings. The van der Waals surface area contributed by atoms with Gasteiger partial charge in [-0.25, -0.2) is 9.67 Å². The van der Waals surface area contributed by atoms with Crippen molar-refractivity contribution in [2.75, 3.05) is 0 Å². The topological polar surface area (TPSA) is 73.6 Å². The van der Waals surface area contributed by atoms with Gasteiger partial charge in [-0.1, -0.05) is 6.07 Å². The second-order valence-corrected chi connectivity index (χ2v) is 4.17. The van der Waals surface area contributed by atoms with Crippen molar-refractivity contribution < 1.29 is 4.79 Å². The summed E-state index contributed by atoms with van der Waals surface area (Å²) in [5.74, 6) is 0.642. The fraction of sp³-hybridized carbons (Fsp3) is 0.0714. The van der Waals surface area contributed by atoms with Crippen molar-refractivity contribution in [3.8, 4) is 17.2 Å². The van der Waals surface area contributed by atoms with Crippen molar-refractivity contribution in [2.24, 2.45) is 0 Å². The Bertz CT molecular complexity index is 751. The number of pyridine rings is 1. The van der Waals surface area contributed by atoms with E-state index in [1.807, 2.05) is 25.1 Å². The van der Waals surface area contributed by atoms with Crippen molar-refractivity contribution in [3.63, 3.8) is 0 Å². The SMILES string of the molecule is Cc1nccnc1-c1nn(-c2ccccn2)cc1C=O. The van der Waals surface area contributed by atoms with Gasteiger partial charge in [-0.3, -0.25) is 14.8 Å². The number of aldehydes is 1. The van der Waals surface area contributed by atoms with Gasteiger partial charge in [-0.05, 0) is 19.1 Å². The third-order valence-electron chi connectivity index (χ3n) is 2.86. The largest absolute Gasteiger partial charge is 0.298 e. The molecule has 0 aliphatic heterocycles. The number of carbonyl (C=O) groups excluding carboxylic acids is 1. The van der Waals surface area contributed by atoms with Gasteiger partial charge in [0.15, 0.2) is 12.1 Å². The third kappa shape index (κ3) is 2.07. The Balaban J connectivity index is 2.16. The lowest BCUT2D eigenvalue weighted by molar-refractivity contribution is 0.112. The van der Waals surface area contributed by atoms with Gasteiger partial charge in [-0.2, -0.15) is 5.10 Å². The third-order valence-corrected chi connectivity index (χ3v) is 2.86. The van der Waals surface area contributed by atoms with Crippen LogP contribution < -0.4 is 0 Å². The molecule has 0 bridgehead atoms. The standard InChI is InChI=1S/C14H11N5O/c1-10-13(17-7-6-15-10)14-11(9-20)8-19(18-14)12-4-2-3-5-16-12/h2-9H,1H3. The molecule has 20 heavy (non-hydrogen) atoms. The first-order chi connectivity index (χ1) is 9.79. The Labute approximate surface area is 115 Å². The molecule has 3 aromatic rings.